The molecule has 6 nitrogen and oxygen atoms in total. The Morgan fingerprint density at radius 3 is 2.66 bits per heavy atom. The number of anilines is 2. The summed E-state index contributed by atoms with van der Waals surface area (Å²) in [5, 5.41) is 7.04. The van der Waals surface area contributed by atoms with Gasteiger partial charge in [0.15, 0.2) is 6.10 Å². The van der Waals surface area contributed by atoms with Crippen LogP contribution in [0.3, 0.4) is 0 Å². The number of amides is 2. The number of fused-ring (bicyclic) bond motifs is 1. The molecule has 0 saturated heterocycles. The number of rotatable bonds is 8. The molecular formula is C27H29ClN2O4S. The van der Waals surface area contributed by atoms with Crippen LogP contribution in [0, 0.1) is 0 Å². The Balaban J connectivity index is 1.59. The number of para-hydroxylation sites is 2. The van der Waals surface area contributed by atoms with Gasteiger partial charge in [-0.1, -0.05) is 36.2 Å². The van der Waals surface area contributed by atoms with Crippen molar-refractivity contribution in [3.8, 4) is 11.5 Å². The van der Waals surface area contributed by atoms with Gasteiger partial charge in [0.25, 0.3) is 11.8 Å². The molecule has 1 aliphatic carbocycles. The second kappa shape index (κ2) is 11.6. The molecule has 0 unspecified atom stereocenters. The van der Waals surface area contributed by atoms with Crippen molar-refractivity contribution in [2.45, 2.75) is 52.1 Å². The molecule has 1 aliphatic rings. The highest BCUT2D eigenvalue weighted by atomic mass is 35.5. The number of nitrogens with one attached hydrogen (secondary N) is 2. The average molecular weight is 513 g/mol. The van der Waals surface area contributed by atoms with E-state index >= 15 is 0 Å². The first-order valence-corrected chi connectivity index (χ1v) is 13.1. The second-order valence-corrected chi connectivity index (χ2v) is 9.90. The van der Waals surface area contributed by atoms with E-state index in [2.05, 4.69) is 10.6 Å². The first-order valence-electron chi connectivity index (χ1n) is 11.9. The molecule has 2 N–H and O–H groups in total. The highest BCUT2D eigenvalue weighted by Crippen LogP contribution is 2.38. The third-order valence-corrected chi connectivity index (χ3v) is 7.24. The van der Waals surface area contributed by atoms with Crippen LogP contribution in [0.5, 0.6) is 11.5 Å². The molecule has 8 heteroatoms. The minimum Gasteiger partial charge on any atom is -0.492 e. The molecule has 0 radical (unpaired) electrons. The average Bonchev–Trinajstić information content (AvgIpc) is 3.00. The number of thiophene rings is 1. The number of halogens is 1. The summed E-state index contributed by atoms with van der Waals surface area (Å²) in [6.07, 6.45) is 4.16. The third-order valence-electron chi connectivity index (χ3n) is 5.80. The van der Waals surface area contributed by atoms with Gasteiger partial charge in [0.1, 0.15) is 16.5 Å². The first kappa shape index (κ1) is 25.1. The smallest absolute Gasteiger partial charge is 0.265 e. The molecule has 2 amide bonds. The van der Waals surface area contributed by atoms with Crippen LogP contribution in [-0.4, -0.2) is 24.5 Å². The third kappa shape index (κ3) is 6.16. The summed E-state index contributed by atoms with van der Waals surface area (Å²) >= 11 is 7.51. The quantitative estimate of drug-likeness (QED) is 0.328. The van der Waals surface area contributed by atoms with Gasteiger partial charge in [0.2, 0.25) is 0 Å². The van der Waals surface area contributed by atoms with Crippen molar-refractivity contribution < 1.29 is 19.1 Å². The molecule has 35 heavy (non-hydrogen) atoms. The predicted octanol–water partition coefficient (Wildman–Crippen LogP) is 6.73. The van der Waals surface area contributed by atoms with Gasteiger partial charge in [-0.3, -0.25) is 9.59 Å². The van der Waals surface area contributed by atoms with E-state index in [1.54, 1.807) is 31.2 Å². The van der Waals surface area contributed by atoms with E-state index < -0.39 is 6.10 Å². The van der Waals surface area contributed by atoms with Crippen LogP contribution in [0.15, 0.2) is 48.5 Å². The van der Waals surface area contributed by atoms with E-state index in [0.717, 1.165) is 42.5 Å². The molecule has 4 rings (SSSR count). The maximum Gasteiger partial charge on any atom is 0.265 e. The fraction of sp³-hybridized carbons (Fsp3) is 0.333. The molecule has 3 aromatic rings. The summed E-state index contributed by atoms with van der Waals surface area (Å²) in [5.74, 6) is 0.534. The summed E-state index contributed by atoms with van der Waals surface area (Å²) < 4.78 is 11.5. The zero-order valence-electron chi connectivity index (χ0n) is 19.9. The number of hydrogen-bond acceptors (Lipinski definition) is 5. The monoisotopic (exact) mass is 512 g/mol. The van der Waals surface area contributed by atoms with Crippen molar-refractivity contribution in [1.82, 2.24) is 0 Å². The van der Waals surface area contributed by atoms with Gasteiger partial charge in [0, 0.05) is 9.90 Å². The zero-order valence-corrected chi connectivity index (χ0v) is 21.4. The number of aryl methyl sites for hydroxylation is 1. The van der Waals surface area contributed by atoms with Crippen LogP contribution in [-0.2, 0) is 17.6 Å². The lowest BCUT2D eigenvalue weighted by molar-refractivity contribution is -0.122. The molecule has 0 aliphatic heterocycles. The van der Waals surface area contributed by atoms with E-state index in [1.807, 2.05) is 31.2 Å². The minimum absolute atomic E-state index is 0.254. The Morgan fingerprint density at radius 1 is 1.06 bits per heavy atom. The predicted molar refractivity (Wildman–Crippen MR) is 141 cm³/mol. The molecular weight excluding hydrogens is 484 g/mol. The summed E-state index contributed by atoms with van der Waals surface area (Å²) in [7, 11) is 0. The topological polar surface area (TPSA) is 76.7 Å². The molecule has 2 aromatic carbocycles. The summed E-state index contributed by atoms with van der Waals surface area (Å²) in [6, 6.07) is 14.3. The maximum atomic E-state index is 13.6. The van der Waals surface area contributed by atoms with Gasteiger partial charge in [-0.25, -0.2) is 0 Å². The van der Waals surface area contributed by atoms with Crippen molar-refractivity contribution in [3.05, 3.63) is 69.6 Å². The zero-order chi connectivity index (χ0) is 24.8. The maximum absolute atomic E-state index is 13.6. The van der Waals surface area contributed by atoms with Crippen molar-refractivity contribution in [3.63, 3.8) is 0 Å². The highest BCUT2D eigenvalue weighted by molar-refractivity contribution is 7.17. The molecule has 1 atom stereocenters. The van der Waals surface area contributed by atoms with E-state index in [9.17, 15) is 9.59 Å². The first-order chi connectivity index (χ1) is 17.0. The Labute approximate surface area is 214 Å². The fourth-order valence-corrected chi connectivity index (χ4v) is 5.59. The normalized spacial score (nSPS) is 13.8. The van der Waals surface area contributed by atoms with Gasteiger partial charge in [-0.2, -0.15) is 0 Å². The minimum atomic E-state index is -0.773. The number of hydrogen-bond donors (Lipinski definition) is 2. The van der Waals surface area contributed by atoms with E-state index in [1.165, 1.54) is 11.3 Å². The molecule has 1 aromatic heterocycles. The van der Waals surface area contributed by atoms with Gasteiger partial charge in [-0.15, -0.1) is 11.3 Å². The van der Waals surface area contributed by atoms with Crippen LogP contribution in [0.25, 0.3) is 0 Å². The SMILES string of the molecule is CCOc1ccccc1NC(=O)c1c(NC(=O)[C@H](C)Oc2cccc(Cl)c2)sc2c1CCCCC2. The van der Waals surface area contributed by atoms with Crippen molar-refractivity contribution in [2.75, 3.05) is 17.2 Å². The standard InChI is InChI=1S/C27H29ClN2O4S/c1-3-33-22-14-8-7-13-21(22)29-26(32)24-20-12-5-4-6-15-23(20)35-27(24)30-25(31)17(2)34-19-11-9-10-18(28)16-19/h7-11,13-14,16-17H,3-6,12,15H2,1-2H3,(H,29,32)(H,30,31)/t17-/m0/s1. The highest BCUT2D eigenvalue weighted by Gasteiger charge is 2.27. The van der Waals surface area contributed by atoms with Gasteiger partial charge in [-0.05, 0) is 75.4 Å². The van der Waals surface area contributed by atoms with Crippen molar-refractivity contribution in [1.29, 1.82) is 0 Å². The lowest BCUT2D eigenvalue weighted by atomic mass is 10.0. The summed E-state index contributed by atoms with van der Waals surface area (Å²) in [4.78, 5) is 27.8. The lowest BCUT2D eigenvalue weighted by Crippen LogP contribution is -2.30. The molecule has 0 bridgehead atoms. The van der Waals surface area contributed by atoms with E-state index in [-0.39, 0.29) is 11.8 Å². The molecule has 184 valence electrons. The van der Waals surface area contributed by atoms with Crippen molar-refractivity contribution >= 4 is 45.4 Å². The van der Waals surface area contributed by atoms with Crippen LogP contribution in [0.2, 0.25) is 5.02 Å². The second-order valence-electron chi connectivity index (χ2n) is 8.36. The van der Waals surface area contributed by atoms with Gasteiger partial charge >= 0.3 is 0 Å². The number of ether oxygens (including phenoxy) is 2. The fourth-order valence-electron chi connectivity index (χ4n) is 4.12. The van der Waals surface area contributed by atoms with E-state index in [0.29, 0.717) is 39.4 Å². The molecule has 0 saturated carbocycles. The lowest BCUT2D eigenvalue weighted by Gasteiger charge is -2.16. The summed E-state index contributed by atoms with van der Waals surface area (Å²) in [6.45, 7) is 4.07. The van der Waals surface area contributed by atoms with Gasteiger partial charge in [0.05, 0.1) is 17.9 Å². The summed E-state index contributed by atoms with van der Waals surface area (Å²) in [5.41, 5.74) is 2.15. The Hall–Kier alpha value is -3.03. The number of carbonyl (C=O) groups is 2. The Kier molecular flexibility index (Phi) is 8.31. The Bertz CT molecular complexity index is 1210. The van der Waals surface area contributed by atoms with Crippen molar-refractivity contribution in [2.24, 2.45) is 0 Å². The van der Waals surface area contributed by atoms with Gasteiger partial charge < -0.3 is 20.1 Å². The van der Waals surface area contributed by atoms with Crippen LogP contribution >= 0.6 is 22.9 Å². The Morgan fingerprint density at radius 2 is 1.86 bits per heavy atom. The van der Waals surface area contributed by atoms with Crippen LogP contribution < -0.4 is 20.1 Å². The van der Waals surface area contributed by atoms with Crippen LogP contribution in [0.1, 0.15) is 53.9 Å². The number of carbonyl (C=O) groups excluding carboxylic acids is 2. The van der Waals surface area contributed by atoms with Crippen LogP contribution in [0.4, 0.5) is 10.7 Å². The largest absolute Gasteiger partial charge is 0.492 e. The molecule has 0 spiro atoms. The van der Waals surface area contributed by atoms with E-state index in [4.69, 9.17) is 21.1 Å². The molecule has 1 heterocycles. The molecule has 0 fully saturated rings. The number of benzene rings is 2.